The summed E-state index contributed by atoms with van der Waals surface area (Å²) in [7, 11) is 2.21. The predicted octanol–water partition coefficient (Wildman–Crippen LogP) is 9.24. The molecule has 0 bridgehead atoms. The Hall–Kier alpha value is -3.65. The summed E-state index contributed by atoms with van der Waals surface area (Å²) in [5, 5.41) is 5.49. The largest absolute Gasteiger partial charge is 0.308 e. The number of aromatic nitrogens is 1. The summed E-state index contributed by atoms with van der Waals surface area (Å²) in [6.07, 6.45) is 8.96. The molecule has 2 aliphatic rings. The average molecular weight is 484 g/mol. The zero-order valence-electron chi connectivity index (χ0n) is 22.4. The lowest BCUT2D eigenvalue weighted by Gasteiger charge is -2.36. The Bertz CT molecular complexity index is 1690. The first-order chi connectivity index (χ1) is 18.0. The van der Waals surface area contributed by atoms with Gasteiger partial charge in [0.2, 0.25) is 5.69 Å². The van der Waals surface area contributed by atoms with Crippen molar-refractivity contribution in [3.05, 3.63) is 95.2 Å². The lowest BCUT2D eigenvalue weighted by molar-refractivity contribution is -0.659. The van der Waals surface area contributed by atoms with E-state index in [4.69, 9.17) is 0 Å². The molecule has 4 aromatic carbocycles. The summed E-state index contributed by atoms with van der Waals surface area (Å²) >= 11 is 0. The van der Waals surface area contributed by atoms with Gasteiger partial charge in [-0.15, -0.1) is 0 Å². The van der Waals surface area contributed by atoms with Crippen LogP contribution in [0.2, 0.25) is 0 Å². The number of rotatable bonds is 2. The van der Waals surface area contributed by atoms with Crippen LogP contribution in [0.15, 0.2) is 72.9 Å². The van der Waals surface area contributed by atoms with Gasteiger partial charge < -0.3 is 4.90 Å². The quantitative estimate of drug-likeness (QED) is 0.223. The van der Waals surface area contributed by atoms with Gasteiger partial charge in [-0.1, -0.05) is 61.7 Å². The first kappa shape index (κ1) is 22.5. The minimum absolute atomic E-state index is 0.660. The Morgan fingerprint density at radius 2 is 1.57 bits per heavy atom. The number of para-hydroxylation sites is 1. The summed E-state index contributed by atoms with van der Waals surface area (Å²) in [6, 6.07) is 25.1. The van der Waals surface area contributed by atoms with E-state index in [0.29, 0.717) is 5.92 Å². The number of aryl methyl sites for hydroxylation is 4. The van der Waals surface area contributed by atoms with Crippen LogP contribution < -0.4 is 9.47 Å². The van der Waals surface area contributed by atoms with Crippen molar-refractivity contribution >= 4 is 38.6 Å². The molecule has 0 N–H and O–H groups in total. The molecule has 37 heavy (non-hydrogen) atoms. The van der Waals surface area contributed by atoms with Gasteiger partial charge >= 0.3 is 0 Å². The third-order valence-corrected chi connectivity index (χ3v) is 9.05. The van der Waals surface area contributed by atoms with E-state index in [1.165, 1.54) is 104 Å². The molecular formula is C35H35N2+. The van der Waals surface area contributed by atoms with Crippen molar-refractivity contribution in [3.8, 4) is 11.3 Å². The van der Waals surface area contributed by atoms with Crippen molar-refractivity contribution in [1.82, 2.24) is 0 Å². The van der Waals surface area contributed by atoms with Gasteiger partial charge in [0.1, 0.15) is 7.05 Å². The van der Waals surface area contributed by atoms with Gasteiger partial charge in [-0.2, -0.15) is 0 Å². The molecule has 5 aromatic rings. The van der Waals surface area contributed by atoms with Crippen molar-refractivity contribution in [2.75, 3.05) is 4.90 Å². The highest BCUT2D eigenvalue weighted by atomic mass is 15.2. The van der Waals surface area contributed by atoms with Gasteiger partial charge in [0.25, 0.3) is 0 Å². The lowest BCUT2D eigenvalue weighted by Crippen LogP contribution is -2.33. The third kappa shape index (κ3) is 3.28. The van der Waals surface area contributed by atoms with Gasteiger partial charge in [-0.05, 0) is 96.1 Å². The average Bonchev–Trinajstić information content (AvgIpc) is 2.93. The van der Waals surface area contributed by atoms with E-state index >= 15 is 0 Å². The predicted molar refractivity (Wildman–Crippen MR) is 156 cm³/mol. The molecule has 2 heterocycles. The highest BCUT2D eigenvalue weighted by Crippen LogP contribution is 2.55. The molecule has 0 spiro atoms. The Labute approximate surface area is 220 Å². The van der Waals surface area contributed by atoms with Crippen LogP contribution in [0.1, 0.15) is 60.3 Å². The van der Waals surface area contributed by atoms with Gasteiger partial charge in [-0.25, -0.2) is 4.57 Å². The molecule has 7 rings (SSSR count). The minimum Gasteiger partial charge on any atom is -0.308 e. The van der Waals surface area contributed by atoms with E-state index in [1.54, 1.807) is 0 Å². The molecule has 2 nitrogen and oxygen atoms in total. The molecule has 0 unspecified atom stereocenters. The van der Waals surface area contributed by atoms with Crippen LogP contribution in [0.4, 0.5) is 17.1 Å². The van der Waals surface area contributed by atoms with Crippen molar-refractivity contribution in [2.45, 2.75) is 58.8 Å². The summed E-state index contributed by atoms with van der Waals surface area (Å²) in [5.74, 6) is 0.660. The minimum atomic E-state index is 0.660. The molecule has 0 atom stereocenters. The van der Waals surface area contributed by atoms with Crippen molar-refractivity contribution in [1.29, 1.82) is 0 Å². The molecular weight excluding hydrogens is 448 g/mol. The van der Waals surface area contributed by atoms with E-state index in [-0.39, 0.29) is 0 Å². The van der Waals surface area contributed by atoms with Crippen molar-refractivity contribution in [2.24, 2.45) is 7.05 Å². The van der Waals surface area contributed by atoms with Gasteiger partial charge in [0, 0.05) is 11.8 Å². The topological polar surface area (TPSA) is 7.12 Å². The van der Waals surface area contributed by atoms with Gasteiger partial charge in [0.15, 0.2) is 6.20 Å². The third-order valence-electron chi connectivity index (χ3n) is 9.05. The number of benzene rings is 4. The first-order valence-corrected chi connectivity index (χ1v) is 13.9. The van der Waals surface area contributed by atoms with Gasteiger partial charge in [0.05, 0.1) is 22.3 Å². The molecule has 0 amide bonds. The molecule has 1 saturated carbocycles. The molecule has 0 radical (unpaired) electrons. The maximum Gasteiger partial charge on any atom is 0.224 e. The van der Waals surface area contributed by atoms with Crippen molar-refractivity contribution in [3.63, 3.8) is 0 Å². The lowest BCUT2D eigenvalue weighted by atomic mass is 9.81. The number of hydrogen-bond acceptors (Lipinski definition) is 1. The Kier molecular flexibility index (Phi) is 5.15. The van der Waals surface area contributed by atoms with Crippen LogP contribution in [0.3, 0.4) is 0 Å². The molecule has 2 heteroatoms. The van der Waals surface area contributed by atoms with Crippen LogP contribution in [-0.2, 0) is 7.05 Å². The first-order valence-electron chi connectivity index (χ1n) is 13.9. The molecule has 0 saturated heterocycles. The highest BCUT2D eigenvalue weighted by Gasteiger charge is 2.36. The fraction of sp³-hybridized carbons (Fsp3) is 0.286. The van der Waals surface area contributed by atoms with E-state index in [9.17, 15) is 0 Å². The summed E-state index contributed by atoms with van der Waals surface area (Å²) in [4.78, 5) is 2.57. The smallest absolute Gasteiger partial charge is 0.224 e. The zero-order chi connectivity index (χ0) is 25.3. The van der Waals surface area contributed by atoms with Crippen LogP contribution >= 0.6 is 0 Å². The number of anilines is 3. The van der Waals surface area contributed by atoms with E-state index < -0.39 is 0 Å². The SMILES string of the molecule is Cc1c2c(c(C)c3c(C)cccc13)N(c1ccccc1)c1cc(C3CCCCC3)cc3cc[n+](C)c-2c13. The van der Waals surface area contributed by atoms with E-state index in [2.05, 4.69) is 110 Å². The highest BCUT2D eigenvalue weighted by molar-refractivity contribution is 6.16. The second-order valence-electron chi connectivity index (χ2n) is 11.3. The number of pyridine rings is 1. The number of nitrogens with zero attached hydrogens (tertiary/aromatic N) is 2. The second kappa shape index (κ2) is 8.45. The second-order valence-corrected chi connectivity index (χ2v) is 11.3. The zero-order valence-corrected chi connectivity index (χ0v) is 22.4. The Balaban J connectivity index is 1.66. The maximum atomic E-state index is 2.57. The van der Waals surface area contributed by atoms with E-state index in [1.807, 2.05) is 0 Å². The molecule has 1 aliphatic carbocycles. The van der Waals surface area contributed by atoms with Crippen molar-refractivity contribution < 1.29 is 4.57 Å². The maximum absolute atomic E-state index is 2.57. The van der Waals surface area contributed by atoms with Crippen LogP contribution in [0.25, 0.3) is 32.8 Å². The van der Waals surface area contributed by atoms with E-state index in [0.717, 1.165) is 0 Å². The number of fused-ring (bicyclic) bond motifs is 3. The normalized spacial score (nSPS) is 15.4. The Morgan fingerprint density at radius 1 is 0.784 bits per heavy atom. The fourth-order valence-corrected chi connectivity index (χ4v) is 7.28. The number of hydrogen-bond donors (Lipinski definition) is 0. The summed E-state index contributed by atoms with van der Waals surface area (Å²) in [5.41, 5.74) is 12.2. The fourth-order valence-electron chi connectivity index (χ4n) is 7.28. The molecule has 1 aliphatic heterocycles. The summed E-state index contributed by atoms with van der Waals surface area (Å²) in [6.45, 7) is 6.91. The molecule has 184 valence electrons. The van der Waals surface area contributed by atoms with Gasteiger partial charge in [-0.3, -0.25) is 0 Å². The standard InChI is InChI=1S/C35H35N2/c1-22-12-11-17-29-23(2)32-34(24(3)31(22)29)37(28-15-9-6-10-16-28)30-21-27(25-13-7-5-8-14-25)20-26-18-19-36(4)35(32)33(26)30/h6,9-12,15-21,25H,5,7-8,13-14H2,1-4H3/q+1. The Morgan fingerprint density at radius 3 is 2.35 bits per heavy atom. The summed E-state index contributed by atoms with van der Waals surface area (Å²) < 4.78 is 2.35. The van der Waals surface area contributed by atoms with Crippen LogP contribution in [0, 0.1) is 20.8 Å². The molecule has 1 aromatic heterocycles. The van der Waals surface area contributed by atoms with Crippen LogP contribution in [0.5, 0.6) is 0 Å². The molecule has 1 fully saturated rings. The van der Waals surface area contributed by atoms with Crippen LogP contribution in [-0.4, -0.2) is 0 Å². The monoisotopic (exact) mass is 483 g/mol.